The number of nitrogens with zero attached hydrogens (tertiary/aromatic N) is 1. The number of rotatable bonds is 10. The molecule has 0 aliphatic carbocycles. The summed E-state index contributed by atoms with van der Waals surface area (Å²) in [7, 11) is 0. The van der Waals surface area contributed by atoms with Gasteiger partial charge in [0.2, 0.25) is 0 Å². The molecule has 0 fully saturated rings. The normalized spacial score (nSPS) is 10.9. The van der Waals surface area contributed by atoms with Crippen LogP contribution in [0.4, 0.5) is 5.69 Å². The number of anilines is 1. The summed E-state index contributed by atoms with van der Waals surface area (Å²) < 4.78 is 5.44. The summed E-state index contributed by atoms with van der Waals surface area (Å²) in [5, 5.41) is 0. The SMILES string of the molecule is CCC=COCCc1ccc(N(CCC)CCC)cc1. The molecular weight excluding hydrogens is 246 g/mol. The van der Waals surface area contributed by atoms with Gasteiger partial charge in [-0.25, -0.2) is 0 Å². The first-order valence-electron chi connectivity index (χ1n) is 7.92. The van der Waals surface area contributed by atoms with E-state index in [0.29, 0.717) is 0 Å². The highest BCUT2D eigenvalue weighted by molar-refractivity contribution is 5.47. The molecule has 0 N–H and O–H groups in total. The summed E-state index contributed by atoms with van der Waals surface area (Å²) in [6.07, 6.45) is 8.23. The van der Waals surface area contributed by atoms with Crippen LogP contribution in [0.3, 0.4) is 0 Å². The van der Waals surface area contributed by atoms with Crippen LogP contribution in [0.1, 0.15) is 45.6 Å². The smallest absolute Gasteiger partial charge is 0.0913 e. The highest BCUT2D eigenvalue weighted by Gasteiger charge is 2.04. The van der Waals surface area contributed by atoms with E-state index in [9.17, 15) is 0 Å². The zero-order valence-electron chi connectivity index (χ0n) is 13.3. The quantitative estimate of drug-likeness (QED) is 0.449. The Morgan fingerprint density at radius 3 is 2.20 bits per heavy atom. The summed E-state index contributed by atoms with van der Waals surface area (Å²) in [4.78, 5) is 2.46. The highest BCUT2D eigenvalue weighted by atomic mass is 16.5. The van der Waals surface area contributed by atoms with Crippen molar-refractivity contribution >= 4 is 5.69 Å². The molecule has 0 amide bonds. The van der Waals surface area contributed by atoms with Crippen LogP contribution in [0.2, 0.25) is 0 Å². The van der Waals surface area contributed by atoms with Crippen molar-refractivity contribution in [3.05, 3.63) is 42.2 Å². The van der Waals surface area contributed by atoms with Crippen LogP contribution in [0, 0.1) is 0 Å². The second-order valence-corrected chi connectivity index (χ2v) is 5.05. The van der Waals surface area contributed by atoms with Gasteiger partial charge in [0.15, 0.2) is 0 Å². The molecular formula is C18H29NO. The zero-order chi connectivity index (χ0) is 14.6. The Hall–Kier alpha value is -1.44. The van der Waals surface area contributed by atoms with Gasteiger partial charge >= 0.3 is 0 Å². The van der Waals surface area contributed by atoms with Gasteiger partial charge in [-0.3, -0.25) is 0 Å². The molecule has 0 bridgehead atoms. The molecule has 0 spiro atoms. The minimum atomic E-state index is 0.753. The Bertz CT molecular complexity index is 364. The first-order chi connectivity index (χ1) is 9.81. The molecule has 0 saturated heterocycles. The molecule has 1 rings (SSSR count). The van der Waals surface area contributed by atoms with Gasteiger partial charge in [-0.15, -0.1) is 0 Å². The molecule has 2 heteroatoms. The van der Waals surface area contributed by atoms with E-state index >= 15 is 0 Å². The summed E-state index contributed by atoms with van der Waals surface area (Å²) in [6, 6.07) is 8.92. The Balaban J connectivity index is 2.47. The minimum absolute atomic E-state index is 0.753. The van der Waals surface area contributed by atoms with Gasteiger partial charge in [0.05, 0.1) is 12.9 Å². The summed E-state index contributed by atoms with van der Waals surface area (Å²) in [6.45, 7) is 9.60. The fraction of sp³-hybridized carbons (Fsp3) is 0.556. The molecule has 0 radical (unpaired) electrons. The first kappa shape index (κ1) is 16.6. The third kappa shape index (κ3) is 6.14. The predicted octanol–water partition coefficient (Wildman–Crippen LogP) is 4.80. The second kappa shape index (κ2) is 10.4. The fourth-order valence-electron chi connectivity index (χ4n) is 2.19. The largest absolute Gasteiger partial charge is 0.501 e. The average Bonchev–Trinajstić information content (AvgIpc) is 2.47. The lowest BCUT2D eigenvalue weighted by Gasteiger charge is -2.24. The highest BCUT2D eigenvalue weighted by Crippen LogP contribution is 2.16. The molecule has 0 aliphatic rings. The molecule has 0 atom stereocenters. The summed E-state index contributed by atoms with van der Waals surface area (Å²) in [5.74, 6) is 0. The van der Waals surface area contributed by atoms with Crippen LogP contribution in [-0.2, 0) is 11.2 Å². The lowest BCUT2D eigenvalue weighted by Crippen LogP contribution is -2.24. The van der Waals surface area contributed by atoms with Crippen molar-refractivity contribution in [3.63, 3.8) is 0 Å². The van der Waals surface area contributed by atoms with Gasteiger partial charge in [0.1, 0.15) is 0 Å². The van der Waals surface area contributed by atoms with Gasteiger partial charge in [-0.1, -0.05) is 39.0 Å². The van der Waals surface area contributed by atoms with Gasteiger partial charge in [0, 0.05) is 25.2 Å². The summed E-state index contributed by atoms with van der Waals surface area (Å²) in [5.41, 5.74) is 2.68. The maximum atomic E-state index is 5.44. The molecule has 0 aliphatic heterocycles. The molecule has 1 aromatic rings. The third-order valence-corrected chi connectivity index (χ3v) is 3.23. The van der Waals surface area contributed by atoms with Crippen molar-refractivity contribution in [2.75, 3.05) is 24.6 Å². The maximum Gasteiger partial charge on any atom is 0.0913 e. The maximum absolute atomic E-state index is 5.44. The minimum Gasteiger partial charge on any atom is -0.501 e. The number of allylic oxidation sites excluding steroid dienone is 1. The van der Waals surface area contributed by atoms with Crippen LogP contribution >= 0.6 is 0 Å². The van der Waals surface area contributed by atoms with Crippen molar-refractivity contribution in [3.8, 4) is 0 Å². The van der Waals surface area contributed by atoms with Crippen molar-refractivity contribution in [1.29, 1.82) is 0 Å². The lowest BCUT2D eigenvalue weighted by atomic mass is 10.1. The summed E-state index contributed by atoms with van der Waals surface area (Å²) >= 11 is 0. The van der Waals surface area contributed by atoms with Crippen molar-refractivity contribution in [1.82, 2.24) is 0 Å². The molecule has 0 heterocycles. The van der Waals surface area contributed by atoms with Crippen LogP contribution in [0.5, 0.6) is 0 Å². The Labute approximate surface area is 124 Å². The number of benzene rings is 1. The topological polar surface area (TPSA) is 12.5 Å². The number of ether oxygens (including phenoxy) is 1. The first-order valence-corrected chi connectivity index (χ1v) is 7.92. The van der Waals surface area contributed by atoms with Gasteiger partial charge in [-0.05, 0) is 37.0 Å². The van der Waals surface area contributed by atoms with E-state index in [1.54, 1.807) is 6.26 Å². The van der Waals surface area contributed by atoms with E-state index in [0.717, 1.165) is 32.5 Å². The Morgan fingerprint density at radius 1 is 1.00 bits per heavy atom. The van der Waals surface area contributed by atoms with E-state index in [-0.39, 0.29) is 0 Å². The number of hydrogen-bond donors (Lipinski definition) is 0. The Morgan fingerprint density at radius 2 is 1.65 bits per heavy atom. The molecule has 1 aromatic carbocycles. The van der Waals surface area contributed by atoms with Crippen molar-refractivity contribution < 1.29 is 4.74 Å². The van der Waals surface area contributed by atoms with Crippen LogP contribution in [-0.4, -0.2) is 19.7 Å². The van der Waals surface area contributed by atoms with E-state index in [2.05, 4.69) is 49.9 Å². The monoisotopic (exact) mass is 275 g/mol. The molecule has 0 unspecified atom stereocenters. The predicted molar refractivity (Wildman–Crippen MR) is 88.3 cm³/mol. The van der Waals surface area contributed by atoms with E-state index in [4.69, 9.17) is 4.74 Å². The fourth-order valence-corrected chi connectivity index (χ4v) is 2.19. The standard InChI is InChI=1S/C18H29NO/c1-4-7-15-20-16-12-17-8-10-18(11-9-17)19(13-5-2)14-6-3/h7-11,15H,4-6,12-14,16H2,1-3H3. The van der Waals surface area contributed by atoms with Gasteiger partial charge in [0.25, 0.3) is 0 Å². The van der Waals surface area contributed by atoms with Crippen molar-refractivity contribution in [2.45, 2.75) is 46.5 Å². The van der Waals surface area contributed by atoms with Crippen LogP contribution in [0.25, 0.3) is 0 Å². The lowest BCUT2D eigenvalue weighted by molar-refractivity contribution is 0.252. The van der Waals surface area contributed by atoms with E-state index in [1.807, 2.05) is 6.08 Å². The Kier molecular flexibility index (Phi) is 8.61. The third-order valence-electron chi connectivity index (χ3n) is 3.23. The molecule has 0 saturated carbocycles. The van der Waals surface area contributed by atoms with Crippen molar-refractivity contribution in [2.24, 2.45) is 0 Å². The zero-order valence-corrected chi connectivity index (χ0v) is 13.3. The molecule has 112 valence electrons. The van der Waals surface area contributed by atoms with Crippen LogP contribution in [0.15, 0.2) is 36.6 Å². The van der Waals surface area contributed by atoms with Gasteiger partial charge in [-0.2, -0.15) is 0 Å². The van der Waals surface area contributed by atoms with E-state index < -0.39 is 0 Å². The molecule has 2 nitrogen and oxygen atoms in total. The van der Waals surface area contributed by atoms with E-state index in [1.165, 1.54) is 24.1 Å². The second-order valence-electron chi connectivity index (χ2n) is 5.05. The molecule has 20 heavy (non-hydrogen) atoms. The van der Waals surface area contributed by atoms with Crippen LogP contribution < -0.4 is 4.90 Å². The van der Waals surface area contributed by atoms with Gasteiger partial charge < -0.3 is 9.64 Å². The number of hydrogen-bond acceptors (Lipinski definition) is 2. The average molecular weight is 275 g/mol. The molecule has 0 aromatic heterocycles.